The normalized spacial score (nSPS) is 23.9. The van der Waals surface area contributed by atoms with Crippen LogP contribution < -0.4 is 10.2 Å². The van der Waals surface area contributed by atoms with Crippen LogP contribution in [0.15, 0.2) is 18.7 Å². The number of hydrogen-bond acceptors (Lipinski definition) is 4. The average Bonchev–Trinajstić information content (AvgIpc) is 2.41. The molecule has 1 aliphatic carbocycles. The van der Waals surface area contributed by atoms with Gasteiger partial charge >= 0.3 is 0 Å². The van der Waals surface area contributed by atoms with Crippen molar-refractivity contribution in [1.29, 1.82) is 0 Å². The summed E-state index contributed by atoms with van der Waals surface area (Å²) in [6.45, 7) is 3.25. The zero-order valence-electron chi connectivity index (χ0n) is 10.2. The molecule has 0 amide bonds. The van der Waals surface area contributed by atoms with E-state index in [1.807, 2.05) is 12.4 Å². The predicted molar refractivity (Wildman–Crippen MR) is 68.1 cm³/mol. The van der Waals surface area contributed by atoms with Crippen LogP contribution in [0.3, 0.4) is 0 Å². The van der Waals surface area contributed by atoms with Crippen LogP contribution in [0.4, 0.5) is 5.69 Å². The third kappa shape index (κ3) is 2.27. The Morgan fingerprint density at radius 3 is 2.65 bits per heavy atom. The fraction of sp³-hybridized carbons (Fsp3) is 0.692. The molecule has 1 saturated carbocycles. The van der Waals surface area contributed by atoms with E-state index in [9.17, 15) is 0 Å². The van der Waals surface area contributed by atoms with E-state index < -0.39 is 0 Å². The molecule has 4 heteroatoms. The molecule has 4 nitrogen and oxygen atoms in total. The Morgan fingerprint density at radius 1 is 1.12 bits per heavy atom. The van der Waals surface area contributed by atoms with E-state index in [0.29, 0.717) is 5.54 Å². The third-order valence-corrected chi connectivity index (χ3v) is 4.10. The van der Waals surface area contributed by atoms with Crippen LogP contribution in [-0.4, -0.2) is 35.1 Å². The van der Waals surface area contributed by atoms with Crippen molar-refractivity contribution < 1.29 is 0 Å². The van der Waals surface area contributed by atoms with Crippen LogP contribution in [0.2, 0.25) is 0 Å². The van der Waals surface area contributed by atoms with E-state index in [2.05, 4.69) is 20.2 Å². The standard InChI is InChI=1S/C13H20N4/c1-2-4-13(5-3-1)10-17(7-6-16-13)12-8-14-11-15-9-12/h8-9,11,16H,1-7,10H2. The molecule has 1 saturated heterocycles. The van der Waals surface area contributed by atoms with Gasteiger partial charge in [-0.25, -0.2) is 9.97 Å². The Hall–Kier alpha value is -1.16. The maximum Gasteiger partial charge on any atom is 0.115 e. The van der Waals surface area contributed by atoms with Crippen LogP contribution in [0.25, 0.3) is 0 Å². The van der Waals surface area contributed by atoms with Gasteiger partial charge < -0.3 is 10.2 Å². The molecule has 1 aliphatic heterocycles. The summed E-state index contributed by atoms with van der Waals surface area (Å²) in [6, 6.07) is 0. The van der Waals surface area contributed by atoms with Crippen LogP contribution in [0.1, 0.15) is 32.1 Å². The minimum Gasteiger partial charge on any atom is -0.366 e. The smallest absolute Gasteiger partial charge is 0.115 e. The van der Waals surface area contributed by atoms with Crippen molar-refractivity contribution >= 4 is 5.69 Å². The van der Waals surface area contributed by atoms with Gasteiger partial charge in [0.1, 0.15) is 6.33 Å². The highest BCUT2D eigenvalue weighted by molar-refractivity contribution is 5.43. The van der Waals surface area contributed by atoms with Gasteiger partial charge in [0.15, 0.2) is 0 Å². The second-order valence-electron chi connectivity index (χ2n) is 5.29. The van der Waals surface area contributed by atoms with E-state index in [-0.39, 0.29) is 0 Å². The Balaban J connectivity index is 1.75. The predicted octanol–water partition coefficient (Wildman–Crippen LogP) is 1.59. The Labute approximate surface area is 102 Å². The average molecular weight is 232 g/mol. The van der Waals surface area contributed by atoms with Crippen LogP contribution in [0, 0.1) is 0 Å². The fourth-order valence-corrected chi connectivity index (χ4v) is 3.19. The van der Waals surface area contributed by atoms with Crippen molar-refractivity contribution in [3.63, 3.8) is 0 Å². The number of anilines is 1. The SMILES string of the molecule is c1ncc(N2CCNC3(CCCCC3)C2)cn1. The summed E-state index contributed by atoms with van der Waals surface area (Å²) in [6.07, 6.45) is 12.2. The molecule has 0 unspecified atom stereocenters. The van der Waals surface area contributed by atoms with Crippen LogP contribution >= 0.6 is 0 Å². The number of nitrogens with one attached hydrogen (secondary N) is 1. The molecule has 0 radical (unpaired) electrons. The van der Waals surface area contributed by atoms with Crippen LogP contribution in [0.5, 0.6) is 0 Å². The summed E-state index contributed by atoms with van der Waals surface area (Å²) >= 11 is 0. The highest BCUT2D eigenvalue weighted by Gasteiger charge is 2.36. The van der Waals surface area contributed by atoms with E-state index in [1.165, 1.54) is 37.8 Å². The molecule has 1 aromatic heterocycles. The van der Waals surface area contributed by atoms with Crippen molar-refractivity contribution in [3.05, 3.63) is 18.7 Å². The number of nitrogens with zero attached hydrogens (tertiary/aromatic N) is 3. The van der Waals surface area contributed by atoms with Crippen molar-refractivity contribution in [1.82, 2.24) is 15.3 Å². The summed E-state index contributed by atoms with van der Waals surface area (Å²) in [5.74, 6) is 0. The first-order valence-corrected chi connectivity index (χ1v) is 6.63. The Bertz CT molecular complexity index is 353. The summed E-state index contributed by atoms with van der Waals surface area (Å²) in [5.41, 5.74) is 1.52. The summed E-state index contributed by atoms with van der Waals surface area (Å²) in [7, 11) is 0. The van der Waals surface area contributed by atoms with Gasteiger partial charge in [-0.1, -0.05) is 19.3 Å². The van der Waals surface area contributed by atoms with Gasteiger partial charge in [-0.15, -0.1) is 0 Å². The Morgan fingerprint density at radius 2 is 1.88 bits per heavy atom. The number of rotatable bonds is 1. The van der Waals surface area contributed by atoms with Gasteiger partial charge in [0.05, 0.1) is 18.1 Å². The lowest BCUT2D eigenvalue weighted by Gasteiger charge is -2.46. The molecule has 17 heavy (non-hydrogen) atoms. The highest BCUT2D eigenvalue weighted by atomic mass is 15.2. The quantitative estimate of drug-likeness (QED) is 0.798. The van der Waals surface area contributed by atoms with E-state index in [0.717, 1.165) is 19.6 Å². The molecule has 1 spiro atoms. The molecule has 1 aromatic rings. The summed E-state index contributed by atoms with van der Waals surface area (Å²) in [4.78, 5) is 10.7. The number of hydrogen-bond donors (Lipinski definition) is 1. The van der Waals surface area contributed by atoms with E-state index in [4.69, 9.17) is 0 Å². The van der Waals surface area contributed by atoms with Gasteiger partial charge in [0, 0.05) is 25.2 Å². The monoisotopic (exact) mass is 232 g/mol. The van der Waals surface area contributed by atoms with Gasteiger partial charge in [-0.2, -0.15) is 0 Å². The van der Waals surface area contributed by atoms with Crippen molar-refractivity contribution in [2.45, 2.75) is 37.6 Å². The largest absolute Gasteiger partial charge is 0.366 e. The minimum absolute atomic E-state index is 0.354. The maximum absolute atomic E-state index is 4.12. The topological polar surface area (TPSA) is 41.1 Å². The molecular weight excluding hydrogens is 212 g/mol. The zero-order valence-corrected chi connectivity index (χ0v) is 10.2. The molecular formula is C13H20N4. The number of piperazine rings is 1. The molecule has 2 fully saturated rings. The molecule has 1 N–H and O–H groups in total. The Kier molecular flexibility index (Phi) is 2.97. The molecule has 0 bridgehead atoms. The van der Waals surface area contributed by atoms with Crippen molar-refractivity contribution in [2.24, 2.45) is 0 Å². The molecule has 0 aromatic carbocycles. The molecule has 2 aliphatic rings. The summed E-state index contributed by atoms with van der Waals surface area (Å²) in [5, 5.41) is 3.75. The maximum atomic E-state index is 4.12. The van der Waals surface area contributed by atoms with Crippen molar-refractivity contribution in [3.8, 4) is 0 Å². The summed E-state index contributed by atoms with van der Waals surface area (Å²) < 4.78 is 0. The molecule has 92 valence electrons. The van der Waals surface area contributed by atoms with Gasteiger partial charge in [-0.05, 0) is 12.8 Å². The number of aromatic nitrogens is 2. The van der Waals surface area contributed by atoms with E-state index in [1.54, 1.807) is 6.33 Å². The van der Waals surface area contributed by atoms with Crippen LogP contribution in [-0.2, 0) is 0 Å². The van der Waals surface area contributed by atoms with Crippen molar-refractivity contribution in [2.75, 3.05) is 24.5 Å². The second kappa shape index (κ2) is 4.61. The first kappa shape index (κ1) is 11.0. The van der Waals surface area contributed by atoms with Gasteiger partial charge in [0.2, 0.25) is 0 Å². The first-order chi connectivity index (χ1) is 8.38. The van der Waals surface area contributed by atoms with Gasteiger partial charge in [-0.3, -0.25) is 0 Å². The lowest BCUT2D eigenvalue weighted by molar-refractivity contribution is 0.216. The molecule has 0 atom stereocenters. The minimum atomic E-state index is 0.354. The van der Waals surface area contributed by atoms with E-state index >= 15 is 0 Å². The van der Waals surface area contributed by atoms with Gasteiger partial charge in [0.25, 0.3) is 0 Å². The zero-order chi connectivity index (χ0) is 11.6. The lowest BCUT2D eigenvalue weighted by Crippen LogP contribution is -2.61. The lowest BCUT2D eigenvalue weighted by atomic mass is 9.80. The molecule has 3 rings (SSSR count). The first-order valence-electron chi connectivity index (χ1n) is 6.63. The fourth-order valence-electron chi connectivity index (χ4n) is 3.19. The third-order valence-electron chi connectivity index (χ3n) is 4.10. The second-order valence-corrected chi connectivity index (χ2v) is 5.29. The highest BCUT2D eigenvalue weighted by Crippen LogP contribution is 2.31. The molecule has 2 heterocycles.